The van der Waals surface area contributed by atoms with Crippen molar-refractivity contribution in [2.75, 3.05) is 7.11 Å². The molecule has 0 fully saturated rings. The summed E-state index contributed by atoms with van der Waals surface area (Å²) in [5, 5.41) is 9.29. The summed E-state index contributed by atoms with van der Waals surface area (Å²) < 4.78 is 5.08. The number of carbonyl (C=O) groups excluding carboxylic acids is 2. The summed E-state index contributed by atoms with van der Waals surface area (Å²) >= 11 is 0. The molecule has 1 aliphatic carbocycles. The summed E-state index contributed by atoms with van der Waals surface area (Å²) in [6.07, 6.45) is -0.578. The molecule has 3 rings (SSSR count). The van der Waals surface area contributed by atoms with Crippen LogP contribution in [0.1, 0.15) is 32.7 Å². The minimum absolute atomic E-state index is 0.273. The number of carboxylic acids is 1. The second-order valence-corrected chi connectivity index (χ2v) is 5.41. The van der Waals surface area contributed by atoms with Gasteiger partial charge in [-0.1, -0.05) is 36.4 Å². The first-order valence-electron chi connectivity index (χ1n) is 7.05. The van der Waals surface area contributed by atoms with Crippen LogP contribution in [0.5, 0.6) is 5.75 Å². The number of ether oxygens (including phenoxy) is 1. The van der Waals surface area contributed by atoms with Crippen LogP contribution >= 0.6 is 0 Å². The Labute approximate surface area is 132 Å². The van der Waals surface area contributed by atoms with E-state index in [2.05, 4.69) is 0 Å². The van der Waals surface area contributed by atoms with E-state index in [0.29, 0.717) is 11.3 Å². The molecule has 0 spiro atoms. The van der Waals surface area contributed by atoms with E-state index in [0.717, 1.165) is 0 Å². The van der Waals surface area contributed by atoms with Gasteiger partial charge in [0.05, 0.1) is 13.5 Å². The molecular weight excluding hydrogens is 296 g/mol. The molecule has 5 heteroatoms. The smallest absolute Gasteiger partial charge is 0.305 e. The van der Waals surface area contributed by atoms with Crippen LogP contribution in [0, 0.1) is 0 Å². The first-order valence-corrected chi connectivity index (χ1v) is 7.05. The second-order valence-electron chi connectivity index (χ2n) is 5.41. The number of fused-ring (bicyclic) bond motifs is 1. The number of hydrogen-bond acceptors (Lipinski definition) is 4. The van der Waals surface area contributed by atoms with Gasteiger partial charge in [0, 0.05) is 11.1 Å². The highest BCUT2D eigenvalue weighted by atomic mass is 16.5. The highest BCUT2D eigenvalue weighted by Gasteiger charge is 2.55. The number of hydrogen-bond donors (Lipinski definition) is 1. The van der Waals surface area contributed by atoms with Crippen molar-refractivity contribution in [3.63, 3.8) is 0 Å². The fourth-order valence-corrected chi connectivity index (χ4v) is 3.07. The van der Waals surface area contributed by atoms with Crippen molar-refractivity contribution < 1.29 is 24.2 Å². The molecule has 0 radical (unpaired) electrons. The number of rotatable bonds is 4. The molecule has 0 unspecified atom stereocenters. The monoisotopic (exact) mass is 310 g/mol. The molecular formula is C18H14O5. The maximum absolute atomic E-state index is 12.9. The minimum atomic E-state index is -1.71. The SMILES string of the molecule is COc1ccc(C2(CC(=O)O)C(=O)c3ccccc3C2=O)cc1. The van der Waals surface area contributed by atoms with E-state index in [9.17, 15) is 19.5 Å². The van der Waals surface area contributed by atoms with Crippen molar-refractivity contribution in [1.29, 1.82) is 0 Å². The molecule has 23 heavy (non-hydrogen) atoms. The molecule has 2 aromatic rings. The number of carbonyl (C=O) groups is 3. The first-order chi connectivity index (χ1) is 11.0. The van der Waals surface area contributed by atoms with E-state index < -0.39 is 29.4 Å². The number of benzene rings is 2. The molecule has 1 aliphatic rings. The Morgan fingerprint density at radius 3 is 1.96 bits per heavy atom. The predicted octanol–water partition coefficient (Wildman–Crippen LogP) is 2.49. The lowest BCUT2D eigenvalue weighted by atomic mass is 9.73. The van der Waals surface area contributed by atoms with Gasteiger partial charge < -0.3 is 9.84 Å². The average molecular weight is 310 g/mol. The van der Waals surface area contributed by atoms with E-state index >= 15 is 0 Å². The Balaban J connectivity index is 2.21. The molecule has 0 bridgehead atoms. The van der Waals surface area contributed by atoms with E-state index in [-0.39, 0.29) is 11.1 Å². The van der Waals surface area contributed by atoms with Crippen LogP contribution in [0.4, 0.5) is 0 Å². The van der Waals surface area contributed by atoms with Crippen molar-refractivity contribution in [2.45, 2.75) is 11.8 Å². The molecule has 0 aromatic heterocycles. The zero-order valence-electron chi connectivity index (χ0n) is 12.4. The van der Waals surface area contributed by atoms with Gasteiger partial charge in [0.1, 0.15) is 11.2 Å². The number of methoxy groups -OCH3 is 1. The van der Waals surface area contributed by atoms with Gasteiger partial charge in [-0.2, -0.15) is 0 Å². The maximum Gasteiger partial charge on any atom is 0.305 e. The Bertz CT molecular complexity index is 769. The Kier molecular flexibility index (Phi) is 3.48. The maximum atomic E-state index is 12.9. The topological polar surface area (TPSA) is 80.7 Å². The molecule has 2 aromatic carbocycles. The van der Waals surface area contributed by atoms with Gasteiger partial charge in [0.25, 0.3) is 0 Å². The largest absolute Gasteiger partial charge is 0.497 e. The van der Waals surface area contributed by atoms with E-state index in [1.807, 2.05) is 0 Å². The Hall–Kier alpha value is -2.95. The Morgan fingerprint density at radius 1 is 1.00 bits per heavy atom. The van der Waals surface area contributed by atoms with Crippen molar-refractivity contribution in [2.24, 2.45) is 0 Å². The highest BCUT2D eigenvalue weighted by Crippen LogP contribution is 2.42. The van der Waals surface area contributed by atoms with E-state index in [1.165, 1.54) is 7.11 Å². The number of Topliss-reactive ketones (excluding diaryl/α,β-unsaturated/α-hetero) is 2. The van der Waals surface area contributed by atoms with Crippen molar-refractivity contribution in [3.8, 4) is 5.75 Å². The molecule has 1 N–H and O–H groups in total. The fourth-order valence-electron chi connectivity index (χ4n) is 3.07. The molecule has 5 nitrogen and oxygen atoms in total. The summed E-state index contributed by atoms with van der Waals surface area (Å²) in [4.78, 5) is 37.2. The highest BCUT2D eigenvalue weighted by molar-refractivity contribution is 6.34. The third-order valence-electron chi connectivity index (χ3n) is 4.19. The number of ketones is 2. The van der Waals surface area contributed by atoms with Gasteiger partial charge >= 0.3 is 5.97 Å². The van der Waals surface area contributed by atoms with Crippen LogP contribution in [-0.4, -0.2) is 29.8 Å². The quantitative estimate of drug-likeness (QED) is 0.878. The van der Waals surface area contributed by atoms with Crippen molar-refractivity contribution in [3.05, 3.63) is 65.2 Å². The van der Waals surface area contributed by atoms with Crippen LogP contribution < -0.4 is 4.74 Å². The van der Waals surface area contributed by atoms with Crippen molar-refractivity contribution in [1.82, 2.24) is 0 Å². The van der Waals surface area contributed by atoms with Gasteiger partial charge in [-0.05, 0) is 17.7 Å². The standard InChI is InChI=1S/C18H14O5/c1-23-12-8-6-11(7-9-12)18(10-15(19)20)16(21)13-4-2-3-5-14(13)17(18)22/h2-9H,10H2,1H3,(H,19,20). The van der Waals surface area contributed by atoms with Gasteiger partial charge in [0.15, 0.2) is 11.6 Å². The van der Waals surface area contributed by atoms with Gasteiger partial charge in [-0.25, -0.2) is 0 Å². The lowest BCUT2D eigenvalue weighted by molar-refractivity contribution is -0.137. The molecule has 0 aliphatic heterocycles. The average Bonchev–Trinajstić information content (AvgIpc) is 2.78. The van der Waals surface area contributed by atoms with Crippen LogP contribution in [0.3, 0.4) is 0 Å². The summed E-state index contributed by atoms with van der Waals surface area (Å²) in [6, 6.07) is 12.8. The van der Waals surface area contributed by atoms with Gasteiger partial charge in [0.2, 0.25) is 0 Å². The lowest BCUT2D eigenvalue weighted by Crippen LogP contribution is -2.40. The molecule has 116 valence electrons. The predicted molar refractivity (Wildman–Crippen MR) is 82.0 cm³/mol. The molecule has 0 heterocycles. The van der Waals surface area contributed by atoms with Crippen LogP contribution in [-0.2, 0) is 10.2 Å². The van der Waals surface area contributed by atoms with Crippen LogP contribution in [0.15, 0.2) is 48.5 Å². The zero-order valence-corrected chi connectivity index (χ0v) is 12.4. The summed E-state index contributed by atoms with van der Waals surface area (Å²) in [6.45, 7) is 0. The molecule has 0 saturated heterocycles. The van der Waals surface area contributed by atoms with E-state index in [4.69, 9.17) is 4.74 Å². The summed E-state index contributed by atoms with van der Waals surface area (Å²) in [5.74, 6) is -1.57. The number of carboxylic acid groups (broad SMARTS) is 1. The lowest BCUT2D eigenvalue weighted by Gasteiger charge is -2.24. The normalized spacial score (nSPS) is 15.3. The van der Waals surface area contributed by atoms with E-state index in [1.54, 1.807) is 48.5 Å². The molecule has 0 atom stereocenters. The van der Waals surface area contributed by atoms with Crippen LogP contribution in [0.25, 0.3) is 0 Å². The first kappa shape index (κ1) is 15.0. The minimum Gasteiger partial charge on any atom is -0.497 e. The number of aliphatic carboxylic acids is 1. The zero-order chi connectivity index (χ0) is 16.6. The second kappa shape index (κ2) is 5.35. The Morgan fingerprint density at radius 2 is 1.52 bits per heavy atom. The summed E-state index contributed by atoms with van der Waals surface area (Å²) in [7, 11) is 1.50. The van der Waals surface area contributed by atoms with Crippen LogP contribution in [0.2, 0.25) is 0 Å². The van der Waals surface area contributed by atoms with Gasteiger partial charge in [-0.3, -0.25) is 14.4 Å². The third-order valence-corrected chi connectivity index (χ3v) is 4.19. The fraction of sp³-hybridized carbons (Fsp3) is 0.167. The molecule has 0 saturated carbocycles. The molecule has 0 amide bonds. The van der Waals surface area contributed by atoms with Crippen molar-refractivity contribution >= 4 is 17.5 Å². The third kappa shape index (κ3) is 2.12. The van der Waals surface area contributed by atoms with Gasteiger partial charge in [-0.15, -0.1) is 0 Å². The summed E-state index contributed by atoms with van der Waals surface area (Å²) in [5.41, 5.74) is -0.794.